The topological polar surface area (TPSA) is 66.9 Å². The van der Waals surface area contributed by atoms with Crippen molar-refractivity contribution in [2.75, 3.05) is 0 Å². The predicted molar refractivity (Wildman–Crippen MR) is 55.3 cm³/mol. The first-order valence-electron chi connectivity index (χ1n) is 3.41. The summed E-state index contributed by atoms with van der Waals surface area (Å²) in [5, 5.41) is 19.1. The molecule has 0 spiro atoms. The lowest BCUT2D eigenvalue weighted by Crippen LogP contribution is -1.94. The SMILES string of the molecule is Cc1cc(C#N)c([N+](=O)[O-])cc1I. The van der Waals surface area contributed by atoms with Gasteiger partial charge in [0.25, 0.3) is 5.69 Å². The van der Waals surface area contributed by atoms with E-state index in [4.69, 9.17) is 5.26 Å². The van der Waals surface area contributed by atoms with Gasteiger partial charge in [0.1, 0.15) is 11.6 Å². The highest BCUT2D eigenvalue weighted by Gasteiger charge is 2.14. The standard InChI is InChI=1S/C8H5IN2O2/c1-5-2-6(4-10)8(11(12)13)3-7(5)9/h2-3H,1H3. The van der Waals surface area contributed by atoms with Gasteiger partial charge in [-0.05, 0) is 41.1 Å². The molecule has 5 heteroatoms. The molecule has 0 amide bonds. The van der Waals surface area contributed by atoms with Crippen LogP contribution in [0.1, 0.15) is 11.1 Å². The van der Waals surface area contributed by atoms with Crippen molar-refractivity contribution < 1.29 is 4.92 Å². The largest absolute Gasteiger partial charge is 0.288 e. The minimum Gasteiger partial charge on any atom is -0.258 e. The Morgan fingerprint density at radius 2 is 2.23 bits per heavy atom. The maximum atomic E-state index is 10.5. The molecule has 0 saturated heterocycles. The molecule has 0 fully saturated rings. The molecular weight excluding hydrogens is 283 g/mol. The lowest BCUT2D eigenvalue weighted by atomic mass is 10.1. The van der Waals surface area contributed by atoms with Crippen LogP contribution in [-0.2, 0) is 0 Å². The van der Waals surface area contributed by atoms with Crippen molar-refractivity contribution in [3.63, 3.8) is 0 Å². The number of aryl methyl sites for hydroxylation is 1. The maximum Gasteiger partial charge on any atom is 0.288 e. The van der Waals surface area contributed by atoms with Crippen LogP contribution >= 0.6 is 22.6 Å². The van der Waals surface area contributed by atoms with Crippen LogP contribution in [-0.4, -0.2) is 4.92 Å². The molecule has 0 heterocycles. The summed E-state index contributed by atoms with van der Waals surface area (Å²) in [7, 11) is 0. The predicted octanol–water partition coefficient (Wildman–Crippen LogP) is 2.38. The number of rotatable bonds is 1. The van der Waals surface area contributed by atoms with Crippen LogP contribution in [0.3, 0.4) is 0 Å². The van der Waals surface area contributed by atoms with Crippen molar-refractivity contribution in [1.29, 1.82) is 5.26 Å². The Balaban J connectivity index is 3.44. The number of nitro benzene ring substituents is 1. The number of hydrogen-bond acceptors (Lipinski definition) is 3. The second kappa shape index (κ2) is 3.70. The fourth-order valence-electron chi connectivity index (χ4n) is 0.912. The van der Waals surface area contributed by atoms with E-state index in [0.717, 1.165) is 9.13 Å². The molecule has 66 valence electrons. The molecule has 0 aliphatic rings. The second-order valence-corrected chi connectivity index (χ2v) is 3.65. The molecule has 0 atom stereocenters. The molecule has 1 aromatic carbocycles. The van der Waals surface area contributed by atoms with Crippen molar-refractivity contribution in [1.82, 2.24) is 0 Å². The third kappa shape index (κ3) is 1.95. The number of nitriles is 1. The molecule has 0 unspecified atom stereocenters. The van der Waals surface area contributed by atoms with Crippen molar-refractivity contribution in [3.8, 4) is 6.07 Å². The molecule has 0 aromatic heterocycles. The zero-order valence-corrected chi connectivity index (χ0v) is 8.90. The zero-order valence-electron chi connectivity index (χ0n) is 6.74. The Morgan fingerprint density at radius 1 is 1.62 bits per heavy atom. The number of hydrogen-bond donors (Lipinski definition) is 0. The van der Waals surface area contributed by atoms with E-state index in [0.29, 0.717) is 0 Å². The zero-order chi connectivity index (χ0) is 10.0. The van der Waals surface area contributed by atoms with E-state index in [-0.39, 0.29) is 11.3 Å². The lowest BCUT2D eigenvalue weighted by molar-refractivity contribution is -0.385. The molecule has 0 aliphatic heterocycles. The summed E-state index contributed by atoms with van der Waals surface area (Å²) in [6.07, 6.45) is 0. The maximum absolute atomic E-state index is 10.5. The number of benzene rings is 1. The van der Waals surface area contributed by atoms with Gasteiger partial charge in [0.2, 0.25) is 0 Å². The molecule has 0 bridgehead atoms. The summed E-state index contributed by atoms with van der Waals surface area (Å²) in [4.78, 5) is 9.95. The van der Waals surface area contributed by atoms with Crippen LogP contribution in [0.4, 0.5) is 5.69 Å². The van der Waals surface area contributed by atoms with Crippen LogP contribution in [0.25, 0.3) is 0 Å². The summed E-state index contributed by atoms with van der Waals surface area (Å²) in [5.41, 5.74) is 0.864. The van der Waals surface area contributed by atoms with Gasteiger partial charge in [-0.25, -0.2) is 0 Å². The van der Waals surface area contributed by atoms with E-state index in [2.05, 4.69) is 0 Å². The first-order valence-corrected chi connectivity index (χ1v) is 4.48. The van der Waals surface area contributed by atoms with Gasteiger partial charge in [0.15, 0.2) is 0 Å². The monoisotopic (exact) mass is 288 g/mol. The average molecular weight is 288 g/mol. The molecule has 0 aliphatic carbocycles. The second-order valence-electron chi connectivity index (χ2n) is 2.49. The van der Waals surface area contributed by atoms with E-state index in [9.17, 15) is 10.1 Å². The fourth-order valence-corrected chi connectivity index (χ4v) is 1.36. The van der Waals surface area contributed by atoms with E-state index >= 15 is 0 Å². The van der Waals surface area contributed by atoms with Gasteiger partial charge >= 0.3 is 0 Å². The molecule has 13 heavy (non-hydrogen) atoms. The van der Waals surface area contributed by atoms with Crippen LogP contribution < -0.4 is 0 Å². The first-order chi connectivity index (χ1) is 6.06. The molecule has 1 aromatic rings. The fraction of sp³-hybridized carbons (Fsp3) is 0.125. The lowest BCUT2D eigenvalue weighted by Gasteiger charge is -1.99. The van der Waals surface area contributed by atoms with Crippen molar-refractivity contribution in [2.45, 2.75) is 6.92 Å². The van der Waals surface area contributed by atoms with Gasteiger partial charge in [0, 0.05) is 9.64 Å². The average Bonchev–Trinajstić information content (AvgIpc) is 2.08. The summed E-state index contributed by atoms with van der Waals surface area (Å²) in [6.45, 7) is 1.81. The number of halogens is 1. The summed E-state index contributed by atoms with van der Waals surface area (Å²) < 4.78 is 0.795. The quantitative estimate of drug-likeness (QED) is 0.452. The van der Waals surface area contributed by atoms with Crippen molar-refractivity contribution in [2.24, 2.45) is 0 Å². The number of nitrogens with zero attached hydrogens (tertiary/aromatic N) is 2. The Kier molecular flexibility index (Phi) is 2.83. The van der Waals surface area contributed by atoms with Crippen molar-refractivity contribution in [3.05, 3.63) is 36.9 Å². The van der Waals surface area contributed by atoms with Crippen LogP contribution in [0, 0.1) is 31.9 Å². The Hall–Kier alpha value is -1.16. The molecule has 1 rings (SSSR count). The Morgan fingerprint density at radius 3 is 2.69 bits per heavy atom. The number of nitro groups is 1. The van der Waals surface area contributed by atoms with E-state index in [1.54, 1.807) is 6.07 Å². The Bertz CT molecular complexity index is 409. The van der Waals surface area contributed by atoms with Gasteiger partial charge < -0.3 is 0 Å². The summed E-state index contributed by atoms with van der Waals surface area (Å²) in [5.74, 6) is 0. The van der Waals surface area contributed by atoms with Crippen LogP contribution in [0.15, 0.2) is 12.1 Å². The minimum atomic E-state index is -0.542. The highest BCUT2D eigenvalue weighted by Crippen LogP contribution is 2.23. The molecule has 4 nitrogen and oxygen atoms in total. The normalized spacial score (nSPS) is 9.31. The van der Waals surface area contributed by atoms with Gasteiger partial charge in [-0.3, -0.25) is 10.1 Å². The first kappa shape index (κ1) is 9.92. The van der Waals surface area contributed by atoms with Gasteiger partial charge in [0.05, 0.1) is 4.92 Å². The molecule has 0 radical (unpaired) electrons. The van der Waals surface area contributed by atoms with E-state index in [1.165, 1.54) is 12.1 Å². The minimum absolute atomic E-state index is 0.114. The van der Waals surface area contributed by atoms with E-state index < -0.39 is 4.92 Å². The van der Waals surface area contributed by atoms with Gasteiger partial charge in [-0.2, -0.15) is 5.26 Å². The van der Waals surface area contributed by atoms with Gasteiger partial charge in [-0.1, -0.05) is 0 Å². The van der Waals surface area contributed by atoms with Gasteiger partial charge in [-0.15, -0.1) is 0 Å². The van der Waals surface area contributed by atoms with Crippen LogP contribution in [0.2, 0.25) is 0 Å². The highest BCUT2D eigenvalue weighted by molar-refractivity contribution is 14.1. The third-order valence-electron chi connectivity index (χ3n) is 1.59. The highest BCUT2D eigenvalue weighted by atomic mass is 127. The Labute approximate surface area is 88.5 Å². The third-order valence-corrected chi connectivity index (χ3v) is 2.76. The van der Waals surface area contributed by atoms with E-state index in [1.807, 2.05) is 29.5 Å². The van der Waals surface area contributed by atoms with Crippen LogP contribution in [0.5, 0.6) is 0 Å². The smallest absolute Gasteiger partial charge is 0.258 e. The summed E-state index contributed by atoms with van der Waals surface area (Å²) in [6, 6.07) is 4.74. The summed E-state index contributed by atoms with van der Waals surface area (Å²) >= 11 is 2.00. The molecule has 0 saturated carbocycles. The molecule has 0 N–H and O–H groups in total. The van der Waals surface area contributed by atoms with Crippen molar-refractivity contribution >= 4 is 28.3 Å². The molecular formula is C8H5IN2O2.